The smallest absolute Gasteiger partial charge is 0.165 e. The average molecular weight is 288 g/mol. The van der Waals surface area contributed by atoms with Crippen molar-refractivity contribution in [3.05, 3.63) is 59.2 Å². The second-order valence-corrected chi connectivity index (χ2v) is 4.99. The zero-order valence-corrected chi connectivity index (χ0v) is 12.7. The monoisotopic (exact) mass is 288 g/mol. The molecule has 4 heteroatoms. The lowest BCUT2D eigenvalue weighted by Gasteiger charge is -2.19. The zero-order valence-electron chi connectivity index (χ0n) is 12.7. The van der Waals surface area contributed by atoms with E-state index in [4.69, 9.17) is 4.74 Å². The number of nitrogens with zero attached hydrogens (tertiary/aromatic N) is 1. The summed E-state index contributed by atoms with van der Waals surface area (Å²) in [6, 6.07) is 9.13. The van der Waals surface area contributed by atoms with Gasteiger partial charge in [0.05, 0.1) is 18.8 Å². The van der Waals surface area contributed by atoms with Gasteiger partial charge in [0, 0.05) is 6.20 Å². The van der Waals surface area contributed by atoms with E-state index in [9.17, 15) is 4.39 Å². The normalized spacial score (nSPS) is 12.2. The van der Waals surface area contributed by atoms with Crippen LogP contribution in [-0.2, 0) is 6.42 Å². The van der Waals surface area contributed by atoms with Crippen molar-refractivity contribution in [2.24, 2.45) is 0 Å². The van der Waals surface area contributed by atoms with Gasteiger partial charge >= 0.3 is 0 Å². The molecule has 0 fully saturated rings. The van der Waals surface area contributed by atoms with Crippen LogP contribution >= 0.6 is 0 Å². The quantitative estimate of drug-likeness (QED) is 0.884. The molecule has 112 valence electrons. The minimum absolute atomic E-state index is 0.0731. The van der Waals surface area contributed by atoms with Crippen LogP contribution in [0.3, 0.4) is 0 Å². The van der Waals surface area contributed by atoms with E-state index in [2.05, 4.69) is 17.2 Å². The molecule has 1 aromatic heterocycles. The molecule has 1 atom stereocenters. The molecule has 3 nitrogen and oxygen atoms in total. The number of pyridine rings is 1. The molecule has 0 bridgehead atoms. The Morgan fingerprint density at radius 3 is 2.76 bits per heavy atom. The van der Waals surface area contributed by atoms with Gasteiger partial charge < -0.3 is 10.1 Å². The van der Waals surface area contributed by atoms with Crippen molar-refractivity contribution >= 4 is 0 Å². The van der Waals surface area contributed by atoms with Crippen molar-refractivity contribution in [3.63, 3.8) is 0 Å². The van der Waals surface area contributed by atoms with Gasteiger partial charge in [0.2, 0.25) is 0 Å². The number of nitrogens with one attached hydrogen (secondary N) is 1. The van der Waals surface area contributed by atoms with E-state index >= 15 is 0 Å². The van der Waals surface area contributed by atoms with Crippen LogP contribution in [0.2, 0.25) is 0 Å². The topological polar surface area (TPSA) is 34.1 Å². The lowest BCUT2D eigenvalue weighted by molar-refractivity contribution is 0.386. The van der Waals surface area contributed by atoms with E-state index in [0.29, 0.717) is 6.42 Å². The van der Waals surface area contributed by atoms with E-state index in [0.717, 1.165) is 23.4 Å². The van der Waals surface area contributed by atoms with E-state index in [1.54, 1.807) is 12.3 Å². The maximum Gasteiger partial charge on any atom is 0.165 e. The van der Waals surface area contributed by atoms with Gasteiger partial charge in [-0.15, -0.1) is 0 Å². The Balaban J connectivity index is 2.24. The summed E-state index contributed by atoms with van der Waals surface area (Å²) in [5, 5.41) is 3.42. The van der Waals surface area contributed by atoms with Gasteiger partial charge in [0.15, 0.2) is 11.6 Å². The Morgan fingerprint density at radius 2 is 2.14 bits per heavy atom. The third kappa shape index (κ3) is 3.79. The highest BCUT2D eigenvalue weighted by atomic mass is 19.1. The Hall–Kier alpha value is -1.94. The molecule has 2 aromatic rings. The standard InChI is InChI=1S/C17H21FN2O/c1-4-19-15(17-12(2)6-5-9-20-17)11-13-7-8-16(21-3)14(18)10-13/h5-10,15,19H,4,11H2,1-3H3. The van der Waals surface area contributed by atoms with Crippen LogP contribution in [0.25, 0.3) is 0 Å². The molecule has 1 N–H and O–H groups in total. The van der Waals surface area contributed by atoms with Gasteiger partial charge in [0.1, 0.15) is 0 Å². The van der Waals surface area contributed by atoms with Crippen molar-refractivity contribution in [2.75, 3.05) is 13.7 Å². The van der Waals surface area contributed by atoms with Gasteiger partial charge in [-0.25, -0.2) is 4.39 Å². The Kier molecular flexibility index (Phi) is 5.28. The van der Waals surface area contributed by atoms with E-state index in [1.165, 1.54) is 13.2 Å². The molecular formula is C17H21FN2O. The lowest BCUT2D eigenvalue weighted by Crippen LogP contribution is -2.24. The van der Waals surface area contributed by atoms with Crippen LogP contribution < -0.4 is 10.1 Å². The maximum atomic E-state index is 13.8. The van der Waals surface area contributed by atoms with Crippen LogP contribution in [0.5, 0.6) is 5.75 Å². The molecule has 2 rings (SSSR count). The van der Waals surface area contributed by atoms with Crippen LogP contribution in [0, 0.1) is 12.7 Å². The third-order valence-electron chi connectivity index (χ3n) is 3.49. The predicted octanol–water partition coefficient (Wildman–Crippen LogP) is 3.43. The first kappa shape index (κ1) is 15.4. The number of halogens is 1. The number of ether oxygens (including phenoxy) is 1. The Labute approximate surface area is 125 Å². The fourth-order valence-electron chi connectivity index (χ4n) is 2.45. The number of hydrogen-bond acceptors (Lipinski definition) is 3. The molecule has 0 aliphatic heterocycles. The summed E-state index contributed by atoms with van der Waals surface area (Å²) in [5.41, 5.74) is 3.07. The molecule has 0 saturated carbocycles. The number of hydrogen-bond donors (Lipinski definition) is 1. The average Bonchev–Trinajstić information content (AvgIpc) is 2.47. The first-order chi connectivity index (χ1) is 10.2. The number of aryl methyl sites for hydroxylation is 1. The molecule has 1 heterocycles. The molecule has 0 amide bonds. The predicted molar refractivity (Wildman–Crippen MR) is 82.0 cm³/mol. The summed E-state index contributed by atoms with van der Waals surface area (Å²) < 4.78 is 18.8. The number of likely N-dealkylation sites (N-methyl/N-ethyl adjacent to an activating group) is 1. The van der Waals surface area contributed by atoms with E-state index in [1.807, 2.05) is 25.1 Å². The molecule has 0 aliphatic rings. The fraction of sp³-hybridized carbons (Fsp3) is 0.353. The maximum absolute atomic E-state index is 13.8. The number of benzene rings is 1. The van der Waals surface area contributed by atoms with Crippen LogP contribution in [0.15, 0.2) is 36.5 Å². The Bertz CT molecular complexity index is 601. The molecule has 21 heavy (non-hydrogen) atoms. The Morgan fingerprint density at radius 1 is 1.33 bits per heavy atom. The molecule has 1 unspecified atom stereocenters. The second kappa shape index (κ2) is 7.18. The molecule has 0 radical (unpaired) electrons. The van der Waals surface area contributed by atoms with Crippen molar-refractivity contribution in [1.29, 1.82) is 0 Å². The highest BCUT2D eigenvalue weighted by Crippen LogP contribution is 2.23. The molecule has 1 aromatic carbocycles. The van der Waals surface area contributed by atoms with Gasteiger partial charge in [-0.1, -0.05) is 19.1 Å². The highest BCUT2D eigenvalue weighted by molar-refractivity contribution is 5.31. The summed E-state index contributed by atoms with van der Waals surface area (Å²) in [6.45, 7) is 4.93. The van der Waals surface area contributed by atoms with Crippen LogP contribution in [0.4, 0.5) is 4.39 Å². The van der Waals surface area contributed by atoms with Gasteiger partial charge in [-0.2, -0.15) is 0 Å². The molecular weight excluding hydrogens is 267 g/mol. The summed E-state index contributed by atoms with van der Waals surface area (Å²) in [5.74, 6) is -0.0595. The molecule has 0 aliphatic carbocycles. The molecule has 0 spiro atoms. The highest BCUT2D eigenvalue weighted by Gasteiger charge is 2.15. The van der Waals surface area contributed by atoms with Crippen molar-refractivity contribution < 1.29 is 9.13 Å². The summed E-state index contributed by atoms with van der Waals surface area (Å²) in [6.07, 6.45) is 2.48. The zero-order chi connectivity index (χ0) is 15.2. The lowest BCUT2D eigenvalue weighted by atomic mass is 9.99. The third-order valence-corrected chi connectivity index (χ3v) is 3.49. The largest absolute Gasteiger partial charge is 0.494 e. The van der Waals surface area contributed by atoms with E-state index < -0.39 is 0 Å². The van der Waals surface area contributed by atoms with Gasteiger partial charge in [-0.05, 0) is 49.2 Å². The first-order valence-electron chi connectivity index (χ1n) is 7.13. The first-order valence-corrected chi connectivity index (χ1v) is 7.13. The molecule has 0 saturated heterocycles. The summed E-state index contributed by atoms with van der Waals surface area (Å²) in [7, 11) is 1.47. The fourth-order valence-corrected chi connectivity index (χ4v) is 2.45. The SMILES string of the molecule is CCNC(Cc1ccc(OC)c(F)c1)c1ncccc1C. The number of rotatable bonds is 6. The van der Waals surface area contributed by atoms with E-state index in [-0.39, 0.29) is 17.6 Å². The van der Waals surface area contributed by atoms with Crippen molar-refractivity contribution in [2.45, 2.75) is 26.3 Å². The summed E-state index contributed by atoms with van der Waals surface area (Å²) in [4.78, 5) is 4.47. The van der Waals surface area contributed by atoms with Crippen LogP contribution in [-0.4, -0.2) is 18.6 Å². The van der Waals surface area contributed by atoms with Crippen molar-refractivity contribution in [3.8, 4) is 5.75 Å². The van der Waals surface area contributed by atoms with Gasteiger partial charge in [0.25, 0.3) is 0 Å². The van der Waals surface area contributed by atoms with Crippen LogP contribution in [0.1, 0.15) is 29.8 Å². The summed E-state index contributed by atoms with van der Waals surface area (Å²) >= 11 is 0. The second-order valence-electron chi connectivity index (χ2n) is 4.99. The number of methoxy groups -OCH3 is 1. The minimum atomic E-state index is -0.331. The number of aromatic nitrogens is 1. The van der Waals surface area contributed by atoms with Gasteiger partial charge in [-0.3, -0.25) is 4.98 Å². The van der Waals surface area contributed by atoms with Crippen molar-refractivity contribution in [1.82, 2.24) is 10.3 Å². The minimum Gasteiger partial charge on any atom is -0.494 e.